The van der Waals surface area contributed by atoms with Gasteiger partial charge in [-0.05, 0) is 18.9 Å². The van der Waals surface area contributed by atoms with E-state index in [1.807, 2.05) is 0 Å². The van der Waals surface area contributed by atoms with Crippen LogP contribution in [0.4, 0.5) is 0 Å². The van der Waals surface area contributed by atoms with Crippen LogP contribution < -0.4 is 5.32 Å². The van der Waals surface area contributed by atoms with Crippen molar-refractivity contribution in [2.24, 2.45) is 0 Å². The van der Waals surface area contributed by atoms with E-state index in [-0.39, 0.29) is 30.9 Å². The first-order valence-corrected chi connectivity index (χ1v) is 9.28. The maximum atomic E-state index is 11.7. The van der Waals surface area contributed by atoms with Crippen LogP contribution in [0, 0.1) is 0 Å². The zero-order valence-corrected chi connectivity index (χ0v) is 15.0. The van der Waals surface area contributed by atoms with Crippen molar-refractivity contribution in [2.45, 2.75) is 43.7 Å². The second-order valence-electron chi connectivity index (χ2n) is 5.53. The maximum Gasteiger partial charge on any atom is 0.333 e. The fourth-order valence-corrected chi connectivity index (χ4v) is 2.78. The molecule has 1 aromatic rings. The van der Waals surface area contributed by atoms with E-state index in [9.17, 15) is 19.2 Å². The lowest BCUT2D eigenvalue weighted by Crippen LogP contribution is -2.32. The van der Waals surface area contributed by atoms with E-state index in [4.69, 9.17) is 4.84 Å². The van der Waals surface area contributed by atoms with Crippen LogP contribution in [0.15, 0.2) is 23.6 Å². The van der Waals surface area contributed by atoms with Gasteiger partial charge in [-0.15, -0.1) is 5.06 Å². The maximum absolute atomic E-state index is 11.7. The molecule has 1 aliphatic heterocycles. The van der Waals surface area contributed by atoms with Crippen LogP contribution in [0.25, 0.3) is 0 Å². The first kappa shape index (κ1) is 19.8. The Morgan fingerprint density at radius 2 is 1.81 bits per heavy atom. The molecule has 1 N–H and O–H groups in total. The number of imide groups is 1. The summed E-state index contributed by atoms with van der Waals surface area (Å²) in [5.74, 6) is -1.42. The highest BCUT2D eigenvalue weighted by molar-refractivity contribution is 7.99. The smallest absolute Gasteiger partial charge is 0.333 e. The number of carbonyl (C=O) groups is 4. The molecule has 10 heteroatoms. The summed E-state index contributed by atoms with van der Waals surface area (Å²) in [6, 6.07) is 1.71. The molecule has 140 valence electrons. The summed E-state index contributed by atoms with van der Waals surface area (Å²) >= 11 is 1.26. The van der Waals surface area contributed by atoms with E-state index in [2.05, 4.69) is 15.3 Å². The van der Waals surface area contributed by atoms with Crippen LogP contribution in [0.2, 0.25) is 0 Å². The van der Waals surface area contributed by atoms with E-state index in [0.29, 0.717) is 36.0 Å². The number of carbonyl (C=O) groups excluding carboxylic acids is 4. The SMILES string of the molecule is O=C(CSc1ncccn1)NCCCCCC(=O)ON1C(=O)CCC1=O. The standard InChI is InChI=1S/C16H20N4O5S/c21-12(11-26-16-18-9-4-10-19-16)17-8-3-1-2-5-15(24)25-20-13(22)6-7-14(20)23/h4,9-10H,1-3,5-8,11H2,(H,17,21). The van der Waals surface area contributed by atoms with Gasteiger partial charge < -0.3 is 10.2 Å². The lowest BCUT2D eigenvalue weighted by atomic mass is 10.2. The van der Waals surface area contributed by atoms with E-state index in [1.165, 1.54) is 11.8 Å². The average molecular weight is 380 g/mol. The zero-order chi connectivity index (χ0) is 18.8. The van der Waals surface area contributed by atoms with Gasteiger partial charge in [-0.3, -0.25) is 14.4 Å². The molecule has 0 unspecified atom stereocenters. The third kappa shape index (κ3) is 6.79. The quantitative estimate of drug-likeness (QED) is 0.275. The van der Waals surface area contributed by atoms with Crippen LogP contribution in [-0.2, 0) is 24.0 Å². The number of amides is 3. The van der Waals surface area contributed by atoms with Crippen LogP contribution in [0.5, 0.6) is 0 Å². The predicted octanol–water partition coefficient (Wildman–Crippen LogP) is 0.852. The third-order valence-corrected chi connectivity index (χ3v) is 4.33. The van der Waals surface area contributed by atoms with Crippen molar-refractivity contribution >= 4 is 35.5 Å². The molecule has 1 fully saturated rings. The molecule has 0 aromatic carbocycles. The molecular formula is C16H20N4O5S. The number of rotatable bonds is 10. The van der Waals surface area contributed by atoms with Gasteiger partial charge in [0.2, 0.25) is 5.91 Å². The fourth-order valence-electron chi connectivity index (χ4n) is 2.15. The minimum Gasteiger partial charge on any atom is -0.355 e. The minimum absolute atomic E-state index is 0.0838. The molecule has 9 nitrogen and oxygen atoms in total. The number of hydrogen-bond donors (Lipinski definition) is 1. The van der Waals surface area contributed by atoms with Gasteiger partial charge in [0.15, 0.2) is 5.16 Å². The average Bonchev–Trinajstić information content (AvgIpc) is 2.95. The van der Waals surface area contributed by atoms with Crippen LogP contribution in [0.3, 0.4) is 0 Å². The Balaban J connectivity index is 1.48. The summed E-state index contributed by atoms with van der Waals surface area (Å²) in [5, 5.41) is 3.89. The number of hydrogen-bond acceptors (Lipinski definition) is 8. The summed E-state index contributed by atoms with van der Waals surface area (Å²) in [6.45, 7) is 0.507. The first-order valence-electron chi connectivity index (χ1n) is 8.29. The molecule has 1 saturated heterocycles. The lowest BCUT2D eigenvalue weighted by molar-refractivity contribution is -0.197. The Hall–Kier alpha value is -2.49. The summed E-state index contributed by atoms with van der Waals surface area (Å²) in [6.07, 6.45) is 5.51. The number of aromatic nitrogens is 2. The number of unbranched alkanes of at least 4 members (excludes halogenated alkanes) is 2. The van der Waals surface area contributed by atoms with Gasteiger partial charge in [-0.1, -0.05) is 18.2 Å². The van der Waals surface area contributed by atoms with Crippen molar-refractivity contribution in [1.29, 1.82) is 0 Å². The van der Waals surface area contributed by atoms with Crippen molar-refractivity contribution in [3.05, 3.63) is 18.5 Å². The fraction of sp³-hybridized carbons (Fsp3) is 0.500. The van der Waals surface area contributed by atoms with Gasteiger partial charge in [0, 0.05) is 38.2 Å². The largest absolute Gasteiger partial charge is 0.355 e. The predicted molar refractivity (Wildman–Crippen MR) is 91.4 cm³/mol. The molecule has 0 radical (unpaired) electrons. The second-order valence-corrected chi connectivity index (χ2v) is 6.47. The van der Waals surface area contributed by atoms with Crippen molar-refractivity contribution in [3.8, 4) is 0 Å². The highest BCUT2D eigenvalue weighted by atomic mass is 32.2. The molecule has 26 heavy (non-hydrogen) atoms. The van der Waals surface area contributed by atoms with E-state index < -0.39 is 17.8 Å². The number of nitrogens with zero attached hydrogens (tertiary/aromatic N) is 3. The molecule has 0 bridgehead atoms. The highest BCUT2D eigenvalue weighted by Gasteiger charge is 2.32. The van der Waals surface area contributed by atoms with Crippen molar-refractivity contribution in [3.63, 3.8) is 0 Å². The summed E-state index contributed by atoms with van der Waals surface area (Å²) in [5.41, 5.74) is 0. The Bertz CT molecular complexity index is 639. The van der Waals surface area contributed by atoms with Crippen LogP contribution in [-0.4, -0.2) is 51.0 Å². The Kier molecular flexibility index (Phi) is 8.00. The van der Waals surface area contributed by atoms with Gasteiger partial charge in [-0.25, -0.2) is 14.8 Å². The summed E-state index contributed by atoms with van der Waals surface area (Å²) in [7, 11) is 0. The van der Waals surface area contributed by atoms with Crippen LogP contribution >= 0.6 is 11.8 Å². The number of hydroxylamine groups is 2. The molecular weight excluding hydrogens is 360 g/mol. The molecule has 2 heterocycles. The number of nitrogens with one attached hydrogen (secondary N) is 1. The van der Waals surface area contributed by atoms with E-state index in [1.54, 1.807) is 18.5 Å². The summed E-state index contributed by atoms with van der Waals surface area (Å²) < 4.78 is 0. The third-order valence-electron chi connectivity index (χ3n) is 3.45. The molecule has 0 atom stereocenters. The normalized spacial score (nSPS) is 13.8. The monoisotopic (exact) mass is 380 g/mol. The zero-order valence-electron chi connectivity index (χ0n) is 14.2. The van der Waals surface area contributed by atoms with Gasteiger partial charge in [-0.2, -0.15) is 0 Å². The first-order chi connectivity index (χ1) is 12.6. The van der Waals surface area contributed by atoms with E-state index >= 15 is 0 Å². The highest BCUT2D eigenvalue weighted by Crippen LogP contribution is 2.13. The van der Waals surface area contributed by atoms with Crippen molar-refractivity contribution in [1.82, 2.24) is 20.3 Å². The van der Waals surface area contributed by atoms with Crippen LogP contribution in [0.1, 0.15) is 38.5 Å². The molecule has 1 aliphatic rings. The van der Waals surface area contributed by atoms with Gasteiger partial charge in [0.25, 0.3) is 11.8 Å². The van der Waals surface area contributed by atoms with Crippen molar-refractivity contribution in [2.75, 3.05) is 12.3 Å². The van der Waals surface area contributed by atoms with Crippen molar-refractivity contribution < 1.29 is 24.0 Å². The number of thioether (sulfide) groups is 1. The minimum atomic E-state index is -0.600. The lowest BCUT2D eigenvalue weighted by Gasteiger charge is -2.12. The molecule has 0 saturated carbocycles. The van der Waals surface area contributed by atoms with Gasteiger partial charge >= 0.3 is 5.97 Å². The molecule has 0 aliphatic carbocycles. The molecule has 2 rings (SSSR count). The second kappa shape index (κ2) is 10.5. The topological polar surface area (TPSA) is 119 Å². The Morgan fingerprint density at radius 3 is 2.50 bits per heavy atom. The van der Waals surface area contributed by atoms with Gasteiger partial charge in [0.1, 0.15) is 0 Å². The Morgan fingerprint density at radius 1 is 1.12 bits per heavy atom. The van der Waals surface area contributed by atoms with Gasteiger partial charge in [0.05, 0.1) is 5.75 Å². The Labute approximate surface area is 154 Å². The summed E-state index contributed by atoms with van der Waals surface area (Å²) in [4.78, 5) is 58.7. The van der Waals surface area contributed by atoms with E-state index in [0.717, 1.165) is 0 Å². The molecule has 1 aromatic heterocycles. The molecule has 3 amide bonds. The molecule has 0 spiro atoms.